The molecule has 27 heavy (non-hydrogen) atoms. The van der Waals surface area contributed by atoms with Gasteiger partial charge in [-0.3, -0.25) is 14.4 Å². The van der Waals surface area contributed by atoms with E-state index in [1.807, 2.05) is 0 Å². The normalized spacial score (nSPS) is 13.0. The van der Waals surface area contributed by atoms with E-state index in [-0.39, 0.29) is 0 Å². The number of esters is 2. The van der Waals surface area contributed by atoms with Crippen LogP contribution in [0, 0.1) is 5.41 Å². The van der Waals surface area contributed by atoms with Gasteiger partial charge in [-0.1, -0.05) is 46.3 Å². The lowest BCUT2D eigenvalue weighted by molar-refractivity contribution is -0.172. The number of alkyl halides is 4. The first-order chi connectivity index (χ1) is 12.6. The molecule has 1 rings (SSSR count). The van der Waals surface area contributed by atoms with Crippen molar-refractivity contribution in [1.29, 1.82) is 0 Å². The number of Topliss-reactive ketones (excluding diaryl/α,β-unsaturated/α-hetero) is 1. The molecule has 0 amide bonds. The highest BCUT2D eigenvalue weighted by molar-refractivity contribution is 9.10. The Labute approximate surface area is 163 Å². The molecule has 0 N–H and O–H groups in total. The third-order valence-electron chi connectivity index (χ3n) is 4.09. The van der Waals surface area contributed by atoms with Crippen molar-refractivity contribution < 1.29 is 37.0 Å². The molecule has 0 aromatic heterocycles. The molecule has 0 saturated heterocycles. The van der Waals surface area contributed by atoms with E-state index in [9.17, 15) is 27.6 Å². The molecule has 1 aromatic rings. The largest absolute Gasteiger partial charge is 0.468 e. The smallest absolute Gasteiger partial charge is 0.389 e. The Kier molecular flexibility index (Phi) is 8.46. The van der Waals surface area contributed by atoms with E-state index in [4.69, 9.17) is 0 Å². The molecule has 1 unspecified atom stereocenters. The Balaban J connectivity index is 3.12. The van der Waals surface area contributed by atoms with Crippen LogP contribution in [0.4, 0.5) is 13.2 Å². The number of carbonyl (C=O) groups is 3. The fraction of sp³-hybridized carbons (Fsp3) is 0.500. The summed E-state index contributed by atoms with van der Waals surface area (Å²) in [6.07, 6.45) is -6.96. The summed E-state index contributed by atoms with van der Waals surface area (Å²) < 4.78 is 46.8. The SMILES string of the molecule is COC(=O)C(CCCC(F)(F)F)(CC(Br)C(=O)c1ccccc1)C(=O)OC. The first-order valence-electron chi connectivity index (χ1n) is 8.04. The Bertz CT molecular complexity index is 645. The lowest BCUT2D eigenvalue weighted by Crippen LogP contribution is -2.44. The number of carbonyl (C=O) groups excluding carboxylic acids is 3. The Hall–Kier alpha value is -1.90. The van der Waals surface area contributed by atoms with Crippen LogP contribution in [-0.4, -0.2) is 42.9 Å². The summed E-state index contributed by atoms with van der Waals surface area (Å²) in [7, 11) is 2.04. The molecule has 0 heterocycles. The maximum Gasteiger partial charge on any atom is 0.389 e. The van der Waals surface area contributed by atoms with Crippen LogP contribution in [0.1, 0.15) is 36.0 Å². The van der Waals surface area contributed by atoms with Crippen LogP contribution in [0.2, 0.25) is 0 Å². The van der Waals surface area contributed by atoms with Gasteiger partial charge in [-0.15, -0.1) is 0 Å². The Morgan fingerprint density at radius 3 is 1.96 bits per heavy atom. The molecule has 5 nitrogen and oxygen atoms in total. The third kappa shape index (κ3) is 6.34. The van der Waals surface area contributed by atoms with Crippen LogP contribution in [0.25, 0.3) is 0 Å². The number of ketones is 1. The molecule has 1 aromatic carbocycles. The van der Waals surface area contributed by atoms with E-state index in [1.54, 1.807) is 30.3 Å². The molecule has 150 valence electrons. The van der Waals surface area contributed by atoms with Gasteiger partial charge in [0.25, 0.3) is 0 Å². The van der Waals surface area contributed by atoms with E-state index in [0.29, 0.717) is 5.56 Å². The van der Waals surface area contributed by atoms with Crippen LogP contribution < -0.4 is 0 Å². The van der Waals surface area contributed by atoms with Crippen molar-refractivity contribution in [3.05, 3.63) is 35.9 Å². The van der Waals surface area contributed by atoms with Crippen molar-refractivity contribution in [2.45, 2.75) is 36.7 Å². The molecule has 0 aliphatic rings. The minimum atomic E-state index is -4.44. The van der Waals surface area contributed by atoms with E-state index < -0.39 is 59.8 Å². The van der Waals surface area contributed by atoms with Crippen LogP contribution in [0.15, 0.2) is 30.3 Å². The molecule has 0 radical (unpaired) electrons. The standard InChI is InChI=1S/C18H20BrF3O5/c1-26-15(24)17(16(25)27-2,9-6-10-18(20,21)22)11-13(19)14(23)12-7-4-3-5-8-12/h3-5,7-8,13H,6,9-11H2,1-2H3. The van der Waals surface area contributed by atoms with Gasteiger partial charge in [0.05, 0.1) is 19.0 Å². The second-order valence-electron chi connectivity index (χ2n) is 5.94. The summed E-state index contributed by atoms with van der Waals surface area (Å²) in [5.41, 5.74) is -1.69. The highest BCUT2D eigenvalue weighted by Crippen LogP contribution is 2.38. The van der Waals surface area contributed by atoms with Gasteiger partial charge in [-0.25, -0.2) is 0 Å². The second kappa shape index (κ2) is 9.87. The number of rotatable bonds is 9. The third-order valence-corrected chi connectivity index (χ3v) is 4.83. The van der Waals surface area contributed by atoms with E-state index in [1.165, 1.54) is 0 Å². The molecular weight excluding hydrogens is 433 g/mol. The summed E-state index contributed by atoms with van der Waals surface area (Å²) in [4.78, 5) is 36.2. The molecule has 0 aliphatic heterocycles. The van der Waals surface area contributed by atoms with Gasteiger partial charge in [0.1, 0.15) is 0 Å². The maximum absolute atomic E-state index is 12.5. The van der Waals surface area contributed by atoms with Gasteiger partial charge in [0.2, 0.25) is 0 Å². The molecule has 9 heteroatoms. The van der Waals surface area contributed by atoms with Crippen molar-refractivity contribution in [3.63, 3.8) is 0 Å². The van der Waals surface area contributed by atoms with E-state index in [0.717, 1.165) is 14.2 Å². The number of hydrogen-bond donors (Lipinski definition) is 0. The van der Waals surface area contributed by atoms with E-state index in [2.05, 4.69) is 25.4 Å². The number of methoxy groups -OCH3 is 2. The minimum Gasteiger partial charge on any atom is -0.468 e. The average Bonchev–Trinajstić information content (AvgIpc) is 2.64. The van der Waals surface area contributed by atoms with E-state index >= 15 is 0 Å². The minimum absolute atomic E-state index is 0.332. The van der Waals surface area contributed by atoms with Gasteiger partial charge in [0, 0.05) is 12.0 Å². The summed E-state index contributed by atoms with van der Waals surface area (Å²) in [6.45, 7) is 0. The number of ether oxygens (including phenoxy) is 2. The summed E-state index contributed by atoms with van der Waals surface area (Å²) in [5.74, 6) is -2.49. The van der Waals surface area contributed by atoms with Gasteiger partial charge in [-0.2, -0.15) is 13.2 Å². The first kappa shape index (κ1) is 23.1. The van der Waals surface area contributed by atoms with Crippen molar-refractivity contribution in [3.8, 4) is 0 Å². The zero-order valence-corrected chi connectivity index (χ0v) is 16.4. The summed E-state index contributed by atoms with van der Waals surface area (Å²) in [6, 6.07) is 8.11. The second-order valence-corrected chi connectivity index (χ2v) is 7.04. The highest BCUT2D eigenvalue weighted by atomic mass is 79.9. The van der Waals surface area contributed by atoms with Crippen molar-refractivity contribution >= 4 is 33.7 Å². The van der Waals surface area contributed by atoms with Crippen LogP contribution in [-0.2, 0) is 19.1 Å². The molecule has 0 aliphatic carbocycles. The van der Waals surface area contributed by atoms with Crippen molar-refractivity contribution in [1.82, 2.24) is 0 Å². The zero-order chi connectivity index (χ0) is 20.7. The fourth-order valence-electron chi connectivity index (χ4n) is 2.72. The number of benzene rings is 1. The van der Waals surface area contributed by atoms with Crippen LogP contribution >= 0.6 is 15.9 Å². The Morgan fingerprint density at radius 2 is 1.52 bits per heavy atom. The first-order valence-corrected chi connectivity index (χ1v) is 8.96. The maximum atomic E-state index is 12.5. The summed E-state index contributed by atoms with van der Waals surface area (Å²) >= 11 is 3.15. The summed E-state index contributed by atoms with van der Waals surface area (Å²) in [5, 5.41) is 0. The number of halogens is 4. The Morgan fingerprint density at radius 1 is 1.00 bits per heavy atom. The van der Waals surface area contributed by atoms with Gasteiger partial charge in [0.15, 0.2) is 11.2 Å². The lowest BCUT2D eigenvalue weighted by atomic mass is 9.77. The van der Waals surface area contributed by atoms with Gasteiger partial charge < -0.3 is 9.47 Å². The predicted molar refractivity (Wildman–Crippen MR) is 94.5 cm³/mol. The highest BCUT2D eigenvalue weighted by Gasteiger charge is 2.50. The average molecular weight is 453 g/mol. The predicted octanol–water partition coefficient (Wildman–Crippen LogP) is 4.09. The molecule has 0 saturated carbocycles. The lowest BCUT2D eigenvalue weighted by Gasteiger charge is -2.30. The molecule has 1 atom stereocenters. The molecule has 0 bridgehead atoms. The topological polar surface area (TPSA) is 69.7 Å². The molecule has 0 fully saturated rings. The monoisotopic (exact) mass is 452 g/mol. The van der Waals surface area contributed by atoms with Gasteiger partial charge >= 0.3 is 18.1 Å². The van der Waals surface area contributed by atoms with Crippen molar-refractivity contribution in [2.75, 3.05) is 14.2 Å². The van der Waals surface area contributed by atoms with Crippen LogP contribution in [0.5, 0.6) is 0 Å². The molecule has 0 spiro atoms. The quantitative estimate of drug-likeness (QED) is 0.244. The number of hydrogen-bond acceptors (Lipinski definition) is 5. The van der Waals surface area contributed by atoms with Crippen molar-refractivity contribution in [2.24, 2.45) is 5.41 Å². The van der Waals surface area contributed by atoms with Crippen LogP contribution in [0.3, 0.4) is 0 Å². The molecular formula is C18H20BrF3O5. The zero-order valence-electron chi connectivity index (χ0n) is 14.8. The van der Waals surface area contributed by atoms with Gasteiger partial charge in [-0.05, 0) is 19.3 Å². The fourth-order valence-corrected chi connectivity index (χ4v) is 3.54.